The lowest BCUT2D eigenvalue weighted by Crippen LogP contribution is -2.55. The number of amides is 1. The largest absolute Gasteiger partial charge is 0.391 e. The van der Waals surface area contributed by atoms with Gasteiger partial charge in [-0.1, -0.05) is 30.3 Å². The third kappa shape index (κ3) is 3.39. The third-order valence-corrected chi connectivity index (χ3v) is 5.57. The van der Waals surface area contributed by atoms with Crippen molar-refractivity contribution in [3.8, 4) is 0 Å². The summed E-state index contributed by atoms with van der Waals surface area (Å²) in [7, 11) is 0. The SMILES string of the molecule is CC1(C)OC2CN3C(=O)[C@H](CCOCc4ccccc4)C[C@@H](O)[C@@H]3[C@@H]2O1. The Labute approximate surface area is 154 Å². The van der Waals surface area contributed by atoms with Crippen LogP contribution in [0.3, 0.4) is 0 Å². The molecule has 0 aromatic heterocycles. The van der Waals surface area contributed by atoms with Crippen molar-refractivity contribution >= 4 is 5.91 Å². The van der Waals surface area contributed by atoms with Gasteiger partial charge in [-0.25, -0.2) is 0 Å². The molecule has 3 fully saturated rings. The Morgan fingerprint density at radius 3 is 2.81 bits per heavy atom. The number of piperidine rings is 1. The molecule has 0 aliphatic carbocycles. The van der Waals surface area contributed by atoms with E-state index < -0.39 is 11.9 Å². The molecule has 142 valence electrons. The van der Waals surface area contributed by atoms with Crippen molar-refractivity contribution in [2.45, 2.75) is 63.4 Å². The van der Waals surface area contributed by atoms with Gasteiger partial charge in [0.15, 0.2) is 5.79 Å². The maximum Gasteiger partial charge on any atom is 0.226 e. The van der Waals surface area contributed by atoms with Crippen molar-refractivity contribution in [1.29, 1.82) is 0 Å². The Hall–Kier alpha value is -1.47. The number of hydrogen-bond acceptors (Lipinski definition) is 5. The number of nitrogens with zero attached hydrogens (tertiary/aromatic N) is 1. The maximum atomic E-state index is 12.9. The van der Waals surface area contributed by atoms with E-state index in [2.05, 4.69) is 0 Å². The Balaban J connectivity index is 1.31. The van der Waals surface area contributed by atoms with Crippen molar-refractivity contribution in [3.05, 3.63) is 35.9 Å². The Kier molecular flexibility index (Phi) is 4.77. The molecule has 3 aliphatic rings. The van der Waals surface area contributed by atoms with Gasteiger partial charge in [0, 0.05) is 12.5 Å². The van der Waals surface area contributed by atoms with Crippen molar-refractivity contribution in [2.24, 2.45) is 5.92 Å². The number of carbonyl (C=O) groups is 1. The number of aliphatic hydroxyl groups is 1. The van der Waals surface area contributed by atoms with E-state index in [9.17, 15) is 9.90 Å². The van der Waals surface area contributed by atoms with E-state index in [0.29, 0.717) is 32.6 Å². The number of carbonyl (C=O) groups excluding carboxylic acids is 1. The van der Waals surface area contributed by atoms with Crippen LogP contribution in [0.5, 0.6) is 0 Å². The van der Waals surface area contributed by atoms with E-state index in [1.165, 1.54) is 0 Å². The van der Waals surface area contributed by atoms with Crippen LogP contribution in [0.2, 0.25) is 0 Å². The molecule has 1 unspecified atom stereocenters. The molecule has 26 heavy (non-hydrogen) atoms. The van der Waals surface area contributed by atoms with Crippen molar-refractivity contribution < 1.29 is 24.1 Å². The highest BCUT2D eigenvalue weighted by atomic mass is 16.8. The van der Waals surface area contributed by atoms with Crippen LogP contribution in [-0.4, -0.2) is 59.2 Å². The zero-order valence-electron chi connectivity index (χ0n) is 15.3. The number of hydrogen-bond donors (Lipinski definition) is 1. The molecular weight excluding hydrogens is 334 g/mol. The van der Waals surface area contributed by atoms with Gasteiger partial charge in [-0.3, -0.25) is 4.79 Å². The molecule has 0 spiro atoms. The summed E-state index contributed by atoms with van der Waals surface area (Å²) in [5.41, 5.74) is 1.12. The van der Waals surface area contributed by atoms with E-state index in [0.717, 1.165) is 5.56 Å². The fraction of sp³-hybridized carbons (Fsp3) is 0.650. The Morgan fingerprint density at radius 2 is 2.04 bits per heavy atom. The quantitative estimate of drug-likeness (QED) is 0.809. The van der Waals surface area contributed by atoms with E-state index in [4.69, 9.17) is 14.2 Å². The molecule has 6 nitrogen and oxygen atoms in total. The van der Waals surface area contributed by atoms with Gasteiger partial charge in [0.05, 0.1) is 25.3 Å². The predicted molar refractivity (Wildman–Crippen MR) is 94.2 cm³/mol. The number of fused-ring (bicyclic) bond motifs is 3. The summed E-state index contributed by atoms with van der Waals surface area (Å²) >= 11 is 0. The highest BCUT2D eigenvalue weighted by molar-refractivity contribution is 5.81. The standard InChI is InChI=1S/C20H27NO5/c1-20(2)25-16-11-21-17(18(16)26-20)15(22)10-14(19(21)23)8-9-24-12-13-6-4-3-5-7-13/h3-7,14-18,22H,8-12H2,1-2H3/t14-,15-,16?,17-,18-/m1/s1. The number of aliphatic hydroxyl groups excluding tert-OH is 1. The first-order chi connectivity index (χ1) is 12.4. The summed E-state index contributed by atoms with van der Waals surface area (Å²) in [4.78, 5) is 14.6. The van der Waals surface area contributed by atoms with Gasteiger partial charge in [-0.15, -0.1) is 0 Å². The van der Waals surface area contributed by atoms with E-state index in [1.54, 1.807) is 4.90 Å². The van der Waals surface area contributed by atoms with Crippen LogP contribution in [0.15, 0.2) is 30.3 Å². The van der Waals surface area contributed by atoms with Crippen LogP contribution < -0.4 is 0 Å². The second kappa shape index (κ2) is 6.93. The highest BCUT2D eigenvalue weighted by Gasteiger charge is 2.58. The molecule has 1 aromatic rings. The summed E-state index contributed by atoms with van der Waals surface area (Å²) in [6, 6.07) is 9.68. The first-order valence-corrected chi connectivity index (χ1v) is 9.40. The van der Waals surface area contributed by atoms with Crippen LogP contribution >= 0.6 is 0 Å². The molecule has 0 saturated carbocycles. The zero-order chi connectivity index (χ0) is 18.3. The topological polar surface area (TPSA) is 68.2 Å². The predicted octanol–water partition coefficient (Wildman–Crippen LogP) is 1.70. The van der Waals surface area contributed by atoms with E-state index >= 15 is 0 Å². The van der Waals surface area contributed by atoms with E-state index in [1.807, 2.05) is 44.2 Å². The second-order valence-corrected chi connectivity index (χ2v) is 7.95. The fourth-order valence-corrected chi connectivity index (χ4v) is 4.45. The number of rotatable bonds is 5. The molecule has 1 N–H and O–H groups in total. The van der Waals surface area contributed by atoms with Gasteiger partial charge >= 0.3 is 0 Å². The van der Waals surface area contributed by atoms with Crippen LogP contribution in [0.4, 0.5) is 0 Å². The summed E-state index contributed by atoms with van der Waals surface area (Å²) in [6.07, 6.45) is 0.108. The molecule has 0 bridgehead atoms. The van der Waals surface area contributed by atoms with E-state index in [-0.39, 0.29) is 30.1 Å². The van der Waals surface area contributed by atoms with Crippen molar-refractivity contribution in [1.82, 2.24) is 4.90 Å². The summed E-state index contributed by atoms with van der Waals surface area (Å²) < 4.78 is 17.6. The molecular formula is C20H27NO5. The monoisotopic (exact) mass is 361 g/mol. The molecule has 1 aromatic carbocycles. The van der Waals surface area contributed by atoms with Crippen LogP contribution in [0.25, 0.3) is 0 Å². The Morgan fingerprint density at radius 1 is 1.27 bits per heavy atom. The maximum absolute atomic E-state index is 12.9. The normalized spacial score (nSPS) is 35.4. The first kappa shape index (κ1) is 17.9. The van der Waals surface area contributed by atoms with Gasteiger partial charge in [0.2, 0.25) is 5.91 Å². The molecule has 3 aliphatic heterocycles. The molecule has 0 radical (unpaired) electrons. The van der Waals surface area contributed by atoms with Crippen LogP contribution in [0.1, 0.15) is 32.3 Å². The van der Waals surface area contributed by atoms with Crippen LogP contribution in [-0.2, 0) is 25.6 Å². The highest BCUT2D eigenvalue weighted by Crippen LogP contribution is 2.42. The Bertz CT molecular complexity index is 649. The fourth-order valence-electron chi connectivity index (χ4n) is 4.45. The lowest BCUT2D eigenvalue weighted by atomic mass is 9.87. The third-order valence-electron chi connectivity index (χ3n) is 5.57. The molecule has 5 atom stereocenters. The molecule has 3 saturated heterocycles. The molecule has 4 rings (SSSR count). The number of ether oxygens (including phenoxy) is 3. The lowest BCUT2D eigenvalue weighted by Gasteiger charge is -2.40. The van der Waals surface area contributed by atoms with Gasteiger partial charge in [0.1, 0.15) is 12.2 Å². The molecule has 3 heterocycles. The molecule has 6 heteroatoms. The van der Waals surface area contributed by atoms with Gasteiger partial charge in [-0.2, -0.15) is 0 Å². The first-order valence-electron chi connectivity index (χ1n) is 9.40. The summed E-state index contributed by atoms with van der Waals surface area (Å²) in [6.45, 7) is 5.29. The average Bonchev–Trinajstić information content (AvgIpc) is 3.08. The van der Waals surface area contributed by atoms with Crippen LogP contribution in [0, 0.1) is 5.92 Å². The number of benzene rings is 1. The minimum absolute atomic E-state index is 0.0861. The minimum Gasteiger partial charge on any atom is -0.391 e. The van der Waals surface area contributed by atoms with Gasteiger partial charge in [-0.05, 0) is 32.3 Å². The van der Waals surface area contributed by atoms with Crippen molar-refractivity contribution in [2.75, 3.05) is 13.2 Å². The average molecular weight is 361 g/mol. The summed E-state index contributed by atoms with van der Waals surface area (Å²) in [5.74, 6) is -0.765. The second-order valence-electron chi connectivity index (χ2n) is 7.95. The molecule has 1 amide bonds. The lowest BCUT2D eigenvalue weighted by molar-refractivity contribution is -0.180. The van der Waals surface area contributed by atoms with Crippen molar-refractivity contribution in [3.63, 3.8) is 0 Å². The van der Waals surface area contributed by atoms with Gasteiger partial charge < -0.3 is 24.2 Å². The smallest absolute Gasteiger partial charge is 0.226 e. The van der Waals surface area contributed by atoms with Gasteiger partial charge in [0.25, 0.3) is 0 Å². The minimum atomic E-state index is -0.647. The zero-order valence-corrected chi connectivity index (χ0v) is 15.3. The summed E-state index contributed by atoms with van der Waals surface area (Å²) in [5, 5.41) is 10.6.